The molecule has 1 rings (SSSR count). The topological polar surface area (TPSA) is 36.7 Å². The van der Waals surface area contributed by atoms with Crippen LogP contribution in [-0.2, 0) is 0 Å². The van der Waals surface area contributed by atoms with E-state index in [1.807, 2.05) is 19.9 Å². The Bertz CT molecular complexity index is 269. The van der Waals surface area contributed by atoms with Gasteiger partial charge in [-0.2, -0.15) is 0 Å². The average Bonchev–Trinajstić information content (AvgIpc) is 1.85. The van der Waals surface area contributed by atoms with Crippen LogP contribution in [0.15, 0.2) is 12.3 Å². The van der Waals surface area contributed by atoms with E-state index in [0.717, 1.165) is 16.8 Å². The molecular weight excluding hydrogens is 136 g/mol. The van der Waals surface area contributed by atoms with Crippen molar-refractivity contribution in [3.8, 4) is 0 Å². The van der Waals surface area contributed by atoms with Crippen LogP contribution in [0.4, 0.5) is 0 Å². The summed E-state index contributed by atoms with van der Waals surface area (Å²) in [5.41, 5.74) is 3.64. The van der Waals surface area contributed by atoms with Crippen LogP contribution in [0, 0.1) is 19.3 Å². The standard InChI is InChI=1S/C9H12N2/c1-6-4-5-11-8(3)9(6)7(2)10/h4-5,10H,1-3H3. The molecule has 0 aliphatic carbocycles. The lowest BCUT2D eigenvalue weighted by Crippen LogP contribution is -2.01. The maximum absolute atomic E-state index is 7.48. The quantitative estimate of drug-likeness (QED) is 0.608. The van der Waals surface area contributed by atoms with Crippen LogP contribution in [0.5, 0.6) is 0 Å². The molecule has 0 atom stereocenters. The second kappa shape index (κ2) is 2.82. The molecule has 0 saturated heterocycles. The molecule has 0 aromatic carbocycles. The molecule has 0 amide bonds. The fraction of sp³-hybridized carbons (Fsp3) is 0.333. The first-order chi connectivity index (χ1) is 5.13. The predicted molar refractivity (Wildman–Crippen MR) is 46.2 cm³/mol. The smallest absolute Gasteiger partial charge is 0.0465 e. The summed E-state index contributed by atoms with van der Waals surface area (Å²) in [6.45, 7) is 5.72. The van der Waals surface area contributed by atoms with E-state index in [4.69, 9.17) is 5.41 Å². The minimum Gasteiger partial charge on any atom is -0.305 e. The third-order valence-electron chi connectivity index (χ3n) is 1.72. The molecule has 1 N–H and O–H groups in total. The summed E-state index contributed by atoms with van der Waals surface area (Å²) in [6.07, 6.45) is 1.77. The van der Waals surface area contributed by atoms with Gasteiger partial charge in [0.2, 0.25) is 0 Å². The SMILES string of the molecule is CC(=N)c1c(C)ccnc1C. The van der Waals surface area contributed by atoms with Gasteiger partial charge in [0, 0.05) is 23.2 Å². The van der Waals surface area contributed by atoms with E-state index in [9.17, 15) is 0 Å². The largest absolute Gasteiger partial charge is 0.305 e. The number of aryl methyl sites for hydroxylation is 2. The van der Waals surface area contributed by atoms with Crippen molar-refractivity contribution in [1.82, 2.24) is 4.98 Å². The van der Waals surface area contributed by atoms with Crippen LogP contribution in [0.25, 0.3) is 0 Å². The van der Waals surface area contributed by atoms with Crippen LogP contribution in [-0.4, -0.2) is 10.7 Å². The number of nitrogens with one attached hydrogen (secondary N) is 1. The van der Waals surface area contributed by atoms with E-state index in [1.54, 1.807) is 13.1 Å². The molecule has 0 spiro atoms. The summed E-state index contributed by atoms with van der Waals surface area (Å²) >= 11 is 0. The Kier molecular flexibility index (Phi) is 2.03. The Hall–Kier alpha value is -1.18. The average molecular weight is 148 g/mol. The van der Waals surface area contributed by atoms with E-state index in [0.29, 0.717) is 5.71 Å². The van der Waals surface area contributed by atoms with Crippen molar-refractivity contribution in [1.29, 1.82) is 5.41 Å². The number of rotatable bonds is 1. The highest BCUT2D eigenvalue weighted by Crippen LogP contribution is 2.10. The molecule has 0 fully saturated rings. The fourth-order valence-corrected chi connectivity index (χ4v) is 1.26. The third kappa shape index (κ3) is 1.45. The fourth-order valence-electron chi connectivity index (χ4n) is 1.26. The van der Waals surface area contributed by atoms with Crippen molar-refractivity contribution in [2.24, 2.45) is 0 Å². The van der Waals surface area contributed by atoms with Crippen molar-refractivity contribution < 1.29 is 0 Å². The van der Waals surface area contributed by atoms with Crippen LogP contribution in [0.3, 0.4) is 0 Å². The van der Waals surface area contributed by atoms with Crippen molar-refractivity contribution in [2.45, 2.75) is 20.8 Å². The monoisotopic (exact) mass is 148 g/mol. The lowest BCUT2D eigenvalue weighted by molar-refractivity contribution is 1.15. The minimum absolute atomic E-state index is 0.591. The molecule has 2 heteroatoms. The van der Waals surface area contributed by atoms with Gasteiger partial charge < -0.3 is 5.41 Å². The van der Waals surface area contributed by atoms with Crippen LogP contribution in [0.1, 0.15) is 23.7 Å². The van der Waals surface area contributed by atoms with E-state index in [-0.39, 0.29) is 0 Å². The molecule has 11 heavy (non-hydrogen) atoms. The Morgan fingerprint density at radius 3 is 2.45 bits per heavy atom. The van der Waals surface area contributed by atoms with Gasteiger partial charge in [-0.05, 0) is 32.4 Å². The summed E-state index contributed by atoms with van der Waals surface area (Å²) in [6, 6.07) is 1.93. The van der Waals surface area contributed by atoms with Crippen molar-refractivity contribution in [3.63, 3.8) is 0 Å². The summed E-state index contributed by atoms with van der Waals surface area (Å²) in [5.74, 6) is 0. The zero-order valence-electron chi connectivity index (χ0n) is 7.10. The first-order valence-electron chi connectivity index (χ1n) is 3.60. The van der Waals surface area contributed by atoms with Crippen LogP contribution < -0.4 is 0 Å². The number of hydrogen-bond donors (Lipinski definition) is 1. The number of pyridine rings is 1. The van der Waals surface area contributed by atoms with Gasteiger partial charge in [-0.1, -0.05) is 0 Å². The highest BCUT2D eigenvalue weighted by Gasteiger charge is 2.03. The molecule has 0 aliphatic rings. The lowest BCUT2D eigenvalue weighted by Gasteiger charge is -2.05. The first-order valence-corrected chi connectivity index (χ1v) is 3.60. The summed E-state index contributed by atoms with van der Waals surface area (Å²) in [4.78, 5) is 4.12. The van der Waals surface area contributed by atoms with Gasteiger partial charge in [-0.3, -0.25) is 4.98 Å². The molecule has 58 valence electrons. The first kappa shape index (κ1) is 7.92. The van der Waals surface area contributed by atoms with Crippen molar-refractivity contribution >= 4 is 5.71 Å². The molecule has 0 unspecified atom stereocenters. The maximum Gasteiger partial charge on any atom is 0.0465 e. The number of nitrogens with zero attached hydrogens (tertiary/aromatic N) is 1. The normalized spacial score (nSPS) is 9.73. The van der Waals surface area contributed by atoms with Crippen molar-refractivity contribution in [3.05, 3.63) is 29.1 Å². The van der Waals surface area contributed by atoms with Gasteiger partial charge in [0.05, 0.1) is 0 Å². The van der Waals surface area contributed by atoms with Gasteiger partial charge in [-0.15, -0.1) is 0 Å². The van der Waals surface area contributed by atoms with Gasteiger partial charge in [0.25, 0.3) is 0 Å². The lowest BCUT2D eigenvalue weighted by atomic mass is 10.0. The molecule has 0 bridgehead atoms. The summed E-state index contributed by atoms with van der Waals surface area (Å²) < 4.78 is 0. The zero-order chi connectivity index (χ0) is 8.43. The van der Waals surface area contributed by atoms with Gasteiger partial charge in [0.1, 0.15) is 0 Å². The van der Waals surface area contributed by atoms with E-state index in [2.05, 4.69) is 4.98 Å². The Labute approximate surface area is 66.8 Å². The third-order valence-corrected chi connectivity index (χ3v) is 1.72. The van der Waals surface area contributed by atoms with Gasteiger partial charge in [0.15, 0.2) is 0 Å². The molecule has 0 radical (unpaired) electrons. The summed E-state index contributed by atoms with van der Waals surface area (Å²) in [5, 5.41) is 7.48. The predicted octanol–water partition coefficient (Wildman–Crippen LogP) is 2.09. The highest BCUT2D eigenvalue weighted by molar-refractivity contribution is 5.98. The maximum atomic E-state index is 7.48. The van der Waals surface area contributed by atoms with Crippen LogP contribution >= 0.6 is 0 Å². The molecule has 2 nitrogen and oxygen atoms in total. The molecule has 1 heterocycles. The minimum atomic E-state index is 0.591. The van der Waals surface area contributed by atoms with Gasteiger partial charge in [-0.25, -0.2) is 0 Å². The second-order valence-corrected chi connectivity index (χ2v) is 2.71. The van der Waals surface area contributed by atoms with E-state index < -0.39 is 0 Å². The van der Waals surface area contributed by atoms with Crippen LogP contribution in [0.2, 0.25) is 0 Å². The summed E-state index contributed by atoms with van der Waals surface area (Å²) in [7, 11) is 0. The van der Waals surface area contributed by atoms with E-state index >= 15 is 0 Å². The molecule has 1 aromatic rings. The molecule has 0 saturated carbocycles. The number of aromatic nitrogens is 1. The Morgan fingerprint density at radius 2 is 2.09 bits per heavy atom. The van der Waals surface area contributed by atoms with E-state index in [1.165, 1.54) is 0 Å². The molecule has 1 aromatic heterocycles. The Balaban J connectivity index is 3.32. The van der Waals surface area contributed by atoms with Crippen molar-refractivity contribution in [2.75, 3.05) is 0 Å². The second-order valence-electron chi connectivity index (χ2n) is 2.71. The molecular formula is C9H12N2. The Morgan fingerprint density at radius 1 is 1.45 bits per heavy atom. The highest BCUT2D eigenvalue weighted by atomic mass is 14.7. The molecule has 0 aliphatic heterocycles. The number of hydrogen-bond acceptors (Lipinski definition) is 2. The zero-order valence-corrected chi connectivity index (χ0v) is 7.10. The van der Waals surface area contributed by atoms with Gasteiger partial charge >= 0.3 is 0 Å².